The molecule has 0 fully saturated rings. The largest absolute Gasteiger partial charge is 0.435 e. The van der Waals surface area contributed by atoms with Gasteiger partial charge in [-0.15, -0.1) is 0 Å². The fourth-order valence-corrected chi connectivity index (χ4v) is 3.94. The number of imidazole rings is 1. The predicted octanol–water partition coefficient (Wildman–Crippen LogP) is 4.76. The molecule has 0 aliphatic rings. The third kappa shape index (κ3) is 4.30. The van der Waals surface area contributed by atoms with Gasteiger partial charge in [0.25, 0.3) is 5.56 Å². The van der Waals surface area contributed by atoms with Crippen molar-refractivity contribution in [3.63, 3.8) is 0 Å². The van der Waals surface area contributed by atoms with Gasteiger partial charge in [-0.25, -0.2) is 9.97 Å². The molecule has 3 heterocycles. The summed E-state index contributed by atoms with van der Waals surface area (Å²) in [5.74, 6) is 0.373. The van der Waals surface area contributed by atoms with Gasteiger partial charge in [-0.2, -0.15) is 13.8 Å². The highest BCUT2D eigenvalue weighted by atomic mass is 19.3. The Balaban J connectivity index is 1.74. The standard InChI is InChI=1S/C25H22F2N6O2/c1-14(2)30-25-28-12-16-10-19(15-4-9-20-21(11-15)32(3)13-29-20)23(34)33(22(16)31-25)17-5-7-18(8-6-17)35-24(26)27/h4-14,24H,1-3H3,(H,28,30,31). The number of pyridine rings is 1. The summed E-state index contributed by atoms with van der Waals surface area (Å²) in [5.41, 5.74) is 3.40. The summed E-state index contributed by atoms with van der Waals surface area (Å²) in [6.07, 6.45) is 3.37. The number of anilines is 1. The quantitative estimate of drug-likeness (QED) is 0.380. The number of alkyl halides is 2. The highest BCUT2D eigenvalue weighted by Gasteiger charge is 2.16. The van der Waals surface area contributed by atoms with Crippen molar-refractivity contribution in [3.05, 3.63) is 71.4 Å². The molecule has 0 aliphatic carbocycles. The molecule has 0 amide bonds. The lowest BCUT2D eigenvalue weighted by Crippen LogP contribution is -2.22. The van der Waals surface area contributed by atoms with Crippen LogP contribution >= 0.6 is 0 Å². The lowest BCUT2D eigenvalue weighted by Gasteiger charge is -2.15. The molecule has 178 valence electrons. The van der Waals surface area contributed by atoms with Crippen LogP contribution in [-0.2, 0) is 7.05 Å². The number of rotatable bonds is 6. The number of halogens is 2. The number of nitrogens with one attached hydrogen (secondary N) is 1. The fraction of sp³-hybridized carbons (Fsp3) is 0.200. The Morgan fingerprint density at radius 1 is 1.03 bits per heavy atom. The van der Waals surface area contributed by atoms with Crippen LogP contribution in [0.4, 0.5) is 14.7 Å². The van der Waals surface area contributed by atoms with Crippen LogP contribution in [0.3, 0.4) is 0 Å². The summed E-state index contributed by atoms with van der Waals surface area (Å²) in [5, 5.41) is 3.79. The van der Waals surface area contributed by atoms with Gasteiger partial charge in [0.2, 0.25) is 5.95 Å². The summed E-state index contributed by atoms with van der Waals surface area (Å²) in [7, 11) is 1.89. The first kappa shape index (κ1) is 22.5. The zero-order valence-electron chi connectivity index (χ0n) is 19.2. The molecular weight excluding hydrogens is 454 g/mol. The van der Waals surface area contributed by atoms with E-state index in [0.717, 1.165) is 11.0 Å². The van der Waals surface area contributed by atoms with Gasteiger partial charge in [-0.1, -0.05) is 6.07 Å². The summed E-state index contributed by atoms with van der Waals surface area (Å²) in [4.78, 5) is 27.2. The maximum atomic E-state index is 13.8. The highest BCUT2D eigenvalue weighted by Crippen LogP contribution is 2.26. The monoisotopic (exact) mass is 476 g/mol. The number of benzene rings is 2. The Morgan fingerprint density at radius 2 is 1.80 bits per heavy atom. The molecule has 0 saturated carbocycles. The van der Waals surface area contributed by atoms with Crippen molar-refractivity contribution >= 4 is 28.0 Å². The van der Waals surface area contributed by atoms with Gasteiger partial charge in [-0.3, -0.25) is 9.36 Å². The molecular formula is C25H22F2N6O2. The summed E-state index contributed by atoms with van der Waals surface area (Å²) in [6.45, 7) is 0.979. The van der Waals surface area contributed by atoms with E-state index in [-0.39, 0.29) is 17.4 Å². The van der Waals surface area contributed by atoms with E-state index in [9.17, 15) is 13.6 Å². The van der Waals surface area contributed by atoms with E-state index < -0.39 is 6.61 Å². The van der Waals surface area contributed by atoms with Crippen molar-refractivity contribution in [2.75, 3.05) is 5.32 Å². The van der Waals surface area contributed by atoms with Crippen LogP contribution in [0.15, 0.2) is 65.8 Å². The van der Waals surface area contributed by atoms with Crippen molar-refractivity contribution in [1.29, 1.82) is 0 Å². The lowest BCUT2D eigenvalue weighted by atomic mass is 10.0. The third-order valence-corrected chi connectivity index (χ3v) is 5.52. The summed E-state index contributed by atoms with van der Waals surface area (Å²) in [6, 6.07) is 13.3. The van der Waals surface area contributed by atoms with E-state index in [1.54, 1.807) is 30.7 Å². The molecule has 0 aliphatic heterocycles. The molecule has 0 radical (unpaired) electrons. The second-order valence-electron chi connectivity index (χ2n) is 8.40. The van der Waals surface area contributed by atoms with Crippen LogP contribution in [0.1, 0.15) is 13.8 Å². The first-order valence-electron chi connectivity index (χ1n) is 11.0. The smallest absolute Gasteiger partial charge is 0.387 e. The van der Waals surface area contributed by atoms with Gasteiger partial charge < -0.3 is 14.6 Å². The molecule has 0 atom stereocenters. The summed E-state index contributed by atoms with van der Waals surface area (Å²) < 4.78 is 33.0. The zero-order valence-corrected chi connectivity index (χ0v) is 19.2. The number of hydrogen-bond acceptors (Lipinski definition) is 6. The van der Waals surface area contributed by atoms with Crippen LogP contribution < -0.4 is 15.6 Å². The van der Waals surface area contributed by atoms with Crippen molar-refractivity contribution in [2.24, 2.45) is 7.05 Å². The average Bonchev–Trinajstić information content (AvgIpc) is 3.19. The van der Waals surface area contributed by atoms with E-state index in [4.69, 9.17) is 0 Å². The maximum absolute atomic E-state index is 13.8. The Morgan fingerprint density at radius 3 is 2.51 bits per heavy atom. The molecule has 0 saturated heterocycles. The van der Waals surface area contributed by atoms with Crippen molar-refractivity contribution in [3.8, 4) is 22.6 Å². The fourth-order valence-electron chi connectivity index (χ4n) is 3.94. The minimum atomic E-state index is -2.94. The van der Waals surface area contributed by atoms with E-state index in [0.29, 0.717) is 33.8 Å². The zero-order chi connectivity index (χ0) is 24.7. The van der Waals surface area contributed by atoms with Crippen LogP contribution in [0.5, 0.6) is 5.75 Å². The molecule has 0 unspecified atom stereocenters. The molecule has 5 rings (SSSR count). The maximum Gasteiger partial charge on any atom is 0.387 e. The number of nitrogens with zero attached hydrogens (tertiary/aromatic N) is 5. The number of aryl methyl sites for hydroxylation is 1. The normalized spacial score (nSPS) is 11.6. The SMILES string of the molecule is CC(C)Nc1ncc2cc(-c3ccc4ncn(C)c4c3)c(=O)n(-c3ccc(OC(F)F)cc3)c2n1. The van der Waals surface area contributed by atoms with Gasteiger partial charge in [0.15, 0.2) is 5.65 Å². The van der Waals surface area contributed by atoms with Crippen LogP contribution in [0.2, 0.25) is 0 Å². The predicted molar refractivity (Wildman–Crippen MR) is 130 cm³/mol. The molecule has 35 heavy (non-hydrogen) atoms. The van der Waals surface area contributed by atoms with Crippen LogP contribution in [-0.4, -0.2) is 36.7 Å². The van der Waals surface area contributed by atoms with Gasteiger partial charge in [0, 0.05) is 30.2 Å². The molecule has 8 nitrogen and oxygen atoms in total. The number of hydrogen-bond donors (Lipinski definition) is 1. The van der Waals surface area contributed by atoms with Crippen molar-refractivity contribution in [1.82, 2.24) is 24.1 Å². The Hall–Kier alpha value is -4.34. The average molecular weight is 476 g/mol. The van der Waals surface area contributed by atoms with E-state index in [1.807, 2.05) is 43.7 Å². The first-order chi connectivity index (χ1) is 16.8. The molecule has 10 heteroatoms. The van der Waals surface area contributed by atoms with Gasteiger partial charge in [0.05, 0.1) is 23.0 Å². The number of ether oxygens (including phenoxy) is 1. The minimum absolute atomic E-state index is 0.00397. The topological polar surface area (TPSA) is 86.9 Å². The minimum Gasteiger partial charge on any atom is -0.435 e. The van der Waals surface area contributed by atoms with Crippen molar-refractivity contribution in [2.45, 2.75) is 26.5 Å². The number of aromatic nitrogens is 5. The van der Waals surface area contributed by atoms with E-state index >= 15 is 0 Å². The second-order valence-corrected chi connectivity index (χ2v) is 8.40. The first-order valence-corrected chi connectivity index (χ1v) is 11.0. The van der Waals surface area contributed by atoms with Gasteiger partial charge in [0.1, 0.15) is 5.75 Å². The lowest BCUT2D eigenvalue weighted by molar-refractivity contribution is -0.0498. The van der Waals surface area contributed by atoms with Crippen LogP contribution in [0.25, 0.3) is 38.9 Å². The Labute approximate surface area is 198 Å². The van der Waals surface area contributed by atoms with E-state index in [1.165, 1.54) is 16.7 Å². The molecule has 1 N–H and O–H groups in total. The molecule has 5 aromatic rings. The molecule has 0 bridgehead atoms. The Bertz CT molecular complexity index is 1590. The third-order valence-electron chi connectivity index (χ3n) is 5.52. The molecule has 0 spiro atoms. The molecule has 2 aromatic carbocycles. The highest BCUT2D eigenvalue weighted by molar-refractivity contribution is 5.86. The Kier molecular flexibility index (Phi) is 5.64. The van der Waals surface area contributed by atoms with E-state index in [2.05, 4.69) is 25.0 Å². The summed E-state index contributed by atoms with van der Waals surface area (Å²) >= 11 is 0. The van der Waals surface area contributed by atoms with Gasteiger partial charge in [-0.05, 0) is 61.9 Å². The number of fused-ring (bicyclic) bond motifs is 2. The second kappa shape index (κ2) is 8.79. The van der Waals surface area contributed by atoms with Crippen molar-refractivity contribution < 1.29 is 13.5 Å². The molecule has 3 aromatic heterocycles. The van der Waals surface area contributed by atoms with Crippen LogP contribution in [0, 0.1) is 0 Å². The van der Waals surface area contributed by atoms with Gasteiger partial charge >= 0.3 is 6.61 Å².